The molecule has 0 aromatic rings. The third-order valence-electron chi connectivity index (χ3n) is 18.0. The second-order valence-corrected chi connectivity index (χ2v) is 21.3. The van der Waals surface area contributed by atoms with Crippen molar-refractivity contribution in [2.24, 2.45) is 46.3 Å². The van der Waals surface area contributed by atoms with Crippen LogP contribution in [0.4, 0.5) is 0 Å². The van der Waals surface area contributed by atoms with Gasteiger partial charge in [0.05, 0.1) is 37.1 Å². The van der Waals surface area contributed by atoms with Gasteiger partial charge in [-0.2, -0.15) is 0 Å². The molecule has 5 heterocycles. The molecule has 0 aromatic carbocycles. The Balaban J connectivity index is 0.927. The van der Waals surface area contributed by atoms with E-state index in [1.165, 1.54) is 19.4 Å². The number of piperidine rings is 1. The third-order valence-corrected chi connectivity index (χ3v) is 18.0. The Kier molecular flexibility index (Phi) is 12.7. The van der Waals surface area contributed by atoms with Crippen molar-refractivity contribution >= 4 is 0 Å². The van der Waals surface area contributed by atoms with Crippen molar-refractivity contribution in [3.05, 3.63) is 11.6 Å². The first-order chi connectivity index (χ1) is 29.3. The van der Waals surface area contributed by atoms with E-state index in [0.29, 0.717) is 42.9 Å². The van der Waals surface area contributed by atoms with Crippen molar-refractivity contribution in [2.75, 3.05) is 13.2 Å². The molecule has 354 valence electrons. The van der Waals surface area contributed by atoms with Gasteiger partial charge in [-0.05, 0) is 100 Å². The monoisotopic (exact) mass is 883 g/mol. The number of rotatable bonds is 7. The topological polar surface area (TPSA) is 259 Å². The summed E-state index contributed by atoms with van der Waals surface area (Å²) in [6.45, 7) is 12.6. The minimum Gasteiger partial charge on any atom is -0.394 e. The molecule has 0 radical (unpaired) electrons. The molecule has 5 aliphatic heterocycles. The molecule has 9 rings (SSSR count). The van der Waals surface area contributed by atoms with Crippen LogP contribution in [-0.2, 0) is 33.2 Å². The zero-order valence-corrected chi connectivity index (χ0v) is 36.9. The Hall–Kier alpha value is -0.940. The van der Waals surface area contributed by atoms with Gasteiger partial charge in [-0.1, -0.05) is 39.3 Å². The van der Waals surface area contributed by atoms with Gasteiger partial charge in [0, 0.05) is 17.9 Å². The highest BCUT2D eigenvalue weighted by molar-refractivity contribution is 5.27. The Labute approximate surface area is 364 Å². The van der Waals surface area contributed by atoms with E-state index in [0.717, 1.165) is 38.6 Å². The van der Waals surface area contributed by atoms with E-state index in [9.17, 15) is 46.0 Å². The molecule has 0 aromatic heterocycles. The SMILES string of the molecule is C[C@@H]1CCC2(NC1)O[C@H]1C[C@H]3[C@@H]4CC=C5C[C@@H](O[C@@H]6O[C@H](CO)[C@@H](O[C@@H]7O[C@@H](C)[C@H](O)[C@@H](O)[C@H]7O)[C@H](O)[C@H]6O[C@@H]6O[C@@H](C)[C@H](O)[C@@H](O)[C@H]6O)CC[C@]5(C)[C@H]4C[C@@H](O)[C@]3(C)[C@H]1[C@@H]2C. The molecule has 3 saturated carbocycles. The number of hydrogen-bond donors (Lipinski definition) is 10. The average Bonchev–Trinajstić information content (AvgIpc) is 3.70. The van der Waals surface area contributed by atoms with E-state index in [1.54, 1.807) is 0 Å². The van der Waals surface area contributed by atoms with Gasteiger partial charge in [-0.3, -0.25) is 5.32 Å². The van der Waals surface area contributed by atoms with Gasteiger partial charge in [-0.15, -0.1) is 0 Å². The van der Waals surface area contributed by atoms with Gasteiger partial charge in [-0.25, -0.2) is 0 Å². The number of allylic oxidation sites excluding steroid dienone is 1. The quantitative estimate of drug-likeness (QED) is 0.148. The first-order valence-electron chi connectivity index (χ1n) is 23.4. The highest BCUT2D eigenvalue weighted by Crippen LogP contribution is 2.70. The van der Waals surface area contributed by atoms with Gasteiger partial charge in [0.25, 0.3) is 0 Å². The van der Waals surface area contributed by atoms with Crippen LogP contribution < -0.4 is 5.32 Å². The van der Waals surface area contributed by atoms with Crippen LogP contribution in [0.1, 0.15) is 92.9 Å². The van der Waals surface area contributed by atoms with Crippen molar-refractivity contribution in [1.82, 2.24) is 5.32 Å². The number of hydrogen-bond acceptors (Lipinski definition) is 17. The van der Waals surface area contributed by atoms with Crippen molar-refractivity contribution in [1.29, 1.82) is 0 Å². The summed E-state index contributed by atoms with van der Waals surface area (Å²) < 4.78 is 43.6. The zero-order valence-electron chi connectivity index (χ0n) is 36.9. The molecule has 8 fully saturated rings. The Morgan fingerprint density at radius 3 is 1.97 bits per heavy atom. The van der Waals surface area contributed by atoms with Gasteiger partial charge in [0.1, 0.15) is 66.8 Å². The van der Waals surface area contributed by atoms with Gasteiger partial charge in [0.2, 0.25) is 0 Å². The lowest BCUT2D eigenvalue weighted by Gasteiger charge is -2.60. The van der Waals surface area contributed by atoms with Crippen molar-refractivity contribution in [3.8, 4) is 0 Å². The molecular formula is C45H73NO16. The molecule has 27 atom stereocenters. The largest absolute Gasteiger partial charge is 0.394 e. The second-order valence-electron chi connectivity index (χ2n) is 21.3. The molecule has 1 spiro atoms. The maximum atomic E-state index is 12.3. The average molecular weight is 884 g/mol. The van der Waals surface area contributed by atoms with E-state index in [4.69, 9.17) is 33.2 Å². The fourth-order valence-corrected chi connectivity index (χ4v) is 14.1. The Morgan fingerprint density at radius 2 is 1.35 bits per heavy atom. The normalized spacial score (nSPS) is 58.9. The predicted octanol–water partition coefficient (Wildman–Crippen LogP) is -0.214. The standard InChI is InChI=1S/C45H73NO16/c1-18-9-12-45(46-16-18)19(2)30-27(62-45)14-26-24-8-7-22-13-23(10-11-43(22,5)25(24)15-29(48)44(26,30)6)58-42-39(61-41-36(54)34(52)32(50)21(4)57-41)37(55)38(28(17-47)59-42)60-40-35(53)33(51)31(49)20(3)56-40/h7,18-21,23-42,46-55H,8-17H2,1-6H3/t18-,19+,20+,21+,23+,24-,25+,26+,27+,28-,29-,30+,31+,32+,33-,34-,35-,36-,37+,38-,39-,40+,41+,42-,43+,44-,45?/m1/s1. The van der Waals surface area contributed by atoms with Gasteiger partial charge < -0.3 is 79.1 Å². The van der Waals surface area contributed by atoms with E-state index < -0.39 is 111 Å². The van der Waals surface area contributed by atoms with E-state index in [1.807, 2.05) is 0 Å². The fraction of sp³-hybridized carbons (Fsp3) is 0.956. The van der Waals surface area contributed by atoms with Crippen LogP contribution in [0, 0.1) is 46.3 Å². The van der Waals surface area contributed by atoms with Crippen LogP contribution in [0.2, 0.25) is 0 Å². The Morgan fingerprint density at radius 1 is 0.710 bits per heavy atom. The van der Waals surface area contributed by atoms with Crippen LogP contribution in [0.5, 0.6) is 0 Å². The van der Waals surface area contributed by atoms with Crippen LogP contribution in [0.3, 0.4) is 0 Å². The Bertz CT molecular complexity index is 1630. The number of ether oxygens (including phenoxy) is 7. The molecule has 9 aliphatic rings. The fourth-order valence-electron chi connectivity index (χ4n) is 14.1. The number of aliphatic hydroxyl groups excluding tert-OH is 9. The van der Waals surface area contributed by atoms with Crippen LogP contribution in [0.15, 0.2) is 11.6 Å². The molecule has 10 N–H and O–H groups in total. The summed E-state index contributed by atoms with van der Waals surface area (Å²) in [4.78, 5) is 0. The minimum atomic E-state index is -1.73. The van der Waals surface area contributed by atoms with Gasteiger partial charge >= 0.3 is 0 Å². The summed E-state index contributed by atoms with van der Waals surface area (Å²) in [6, 6.07) is 0. The molecule has 0 bridgehead atoms. The van der Waals surface area contributed by atoms with Crippen molar-refractivity contribution in [3.63, 3.8) is 0 Å². The second kappa shape index (κ2) is 17.0. The van der Waals surface area contributed by atoms with Crippen LogP contribution >= 0.6 is 0 Å². The minimum absolute atomic E-state index is 0.116. The molecule has 62 heavy (non-hydrogen) atoms. The lowest BCUT2D eigenvalue weighted by atomic mass is 9.46. The van der Waals surface area contributed by atoms with Crippen LogP contribution in [-0.4, -0.2) is 175 Å². The maximum absolute atomic E-state index is 12.3. The van der Waals surface area contributed by atoms with E-state index in [-0.39, 0.29) is 34.5 Å². The number of aliphatic hydroxyl groups is 9. The number of nitrogens with one attached hydrogen (secondary N) is 1. The summed E-state index contributed by atoms with van der Waals surface area (Å²) in [5, 5.41) is 102. The van der Waals surface area contributed by atoms with E-state index >= 15 is 0 Å². The first kappa shape index (κ1) is 46.2. The van der Waals surface area contributed by atoms with Crippen LogP contribution in [0.25, 0.3) is 0 Å². The summed E-state index contributed by atoms with van der Waals surface area (Å²) >= 11 is 0. The van der Waals surface area contributed by atoms with E-state index in [2.05, 4.69) is 39.1 Å². The molecule has 4 aliphatic carbocycles. The predicted molar refractivity (Wildman–Crippen MR) is 216 cm³/mol. The lowest BCUT2D eigenvalue weighted by Crippen LogP contribution is -2.66. The lowest BCUT2D eigenvalue weighted by molar-refractivity contribution is -0.388. The van der Waals surface area contributed by atoms with Gasteiger partial charge in [0.15, 0.2) is 18.9 Å². The molecule has 1 unspecified atom stereocenters. The number of fused-ring (bicyclic) bond motifs is 7. The van der Waals surface area contributed by atoms with Crippen molar-refractivity contribution in [2.45, 2.75) is 209 Å². The highest BCUT2D eigenvalue weighted by Gasteiger charge is 2.71. The molecule has 0 amide bonds. The van der Waals surface area contributed by atoms with Crippen molar-refractivity contribution < 1.29 is 79.1 Å². The molecule has 5 saturated heterocycles. The molecular weight excluding hydrogens is 810 g/mol. The first-order valence-corrected chi connectivity index (χ1v) is 23.4. The highest BCUT2D eigenvalue weighted by atomic mass is 16.8. The summed E-state index contributed by atoms with van der Waals surface area (Å²) in [5.74, 6) is 2.20. The third kappa shape index (κ3) is 7.31. The smallest absolute Gasteiger partial charge is 0.187 e. The maximum Gasteiger partial charge on any atom is 0.187 e. The molecule has 17 heteroatoms. The molecule has 17 nitrogen and oxygen atoms in total. The zero-order chi connectivity index (χ0) is 44.4. The summed E-state index contributed by atoms with van der Waals surface area (Å²) in [5.41, 5.74) is 0.504. The summed E-state index contributed by atoms with van der Waals surface area (Å²) in [7, 11) is 0. The summed E-state index contributed by atoms with van der Waals surface area (Å²) in [6.07, 6.45) is -13.5.